The van der Waals surface area contributed by atoms with Crippen molar-refractivity contribution in [2.24, 2.45) is 35.5 Å². The second kappa shape index (κ2) is 59.3. The van der Waals surface area contributed by atoms with Crippen molar-refractivity contribution in [1.82, 2.24) is 0 Å². The summed E-state index contributed by atoms with van der Waals surface area (Å²) in [5.74, 6) is -29.3. The Bertz CT molecular complexity index is 5780. The van der Waals surface area contributed by atoms with E-state index in [4.69, 9.17) is 0 Å². The SMILES string of the molecule is CC(CC1CC(=O)OC1=O)S(=O)(=O)[O-].CC1(S(=O)(=O)[O-])CC(=O)OC1=O.CC1=C(S(=O)(=O)[O-])C(=O)OC1=O.CC1C(=O)OC(=O)C1CS(=O)(=O)[O-].CC1C(=O)OC(=O)C1S(=O)(=O)[O-].O=C1C=C(CS(=O)(=O)[O-])C(=O)O1.O=C1C=C(S(=O)(=O)[O-])C(=O)O1.O=C1CC(CCS(=O)(=O)[O-])C(=O)O1.O=C1CC(CS(=O)(=O)[O-])C(=O)O1.O=C1CC(S(=O)(=O)[O-])C(=O)O1.[Li+].[Li+].[Li+].[Li+].[Li+].[Li+].[Li+].[Li+].[Li+].[Li+]. The fourth-order valence-electron chi connectivity index (χ4n) is 8.55. The van der Waals surface area contributed by atoms with Crippen LogP contribution in [0.5, 0.6) is 0 Å². The average molecular weight is 2020 g/mol. The molecule has 7 fully saturated rings. The van der Waals surface area contributed by atoms with Crippen molar-refractivity contribution in [2.75, 3.05) is 23.0 Å². The minimum Gasteiger partial charge on any atom is -0.748 e. The molecule has 80 heteroatoms. The fraction of sp³-hybridized carbons (Fsp3) is 0.500. The van der Waals surface area contributed by atoms with Gasteiger partial charge in [-0.15, -0.1) is 0 Å². The maximum absolute atomic E-state index is 10.9. The van der Waals surface area contributed by atoms with E-state index in [-0.39, 0.29) is 221 Å². The molecule has 10 aliphatic heterocycles. The second-order valence-electron chi connectivity index (χ2n) is 24.1. The molecule has 0 aromatic rings. The van der Waals surface area contributed by atoms with E-state index in [9.17, 15) is 226 Å². The molecule has 0 spiro atoms. The van der Waals surface area contributed by atoms with Gasteiger partial charge in [-0.25, -0.2) is 118 Å². The van der Waals surface area contributed by atoms with Gasteiger partial charge >= 0.3 is 308 Å². The van der Waals surface area contributed by atoms with Gasteiger partial charge in [-0.05, 0) is 33.6 Å². The van der Waals surface area contributed by atoms with Gasteiger partial charge < -0.3 is 92.9 Å². The number of carbonyl (C=O) groups excluding carboxylic acids is 20. The summed E-state index contributed by atoms with van der Waals surface area (Å²) >= 11 is 0. The van der Waals surface area contributed by atoms with E-state index in [0.29, 0.717) is 12.2 Å². The van der Waals surface area contributed by atoms with Crippen molar-refractivity contribution in [3.8, 4) is 0 Å². The summed E-state index contributed by atoms with van der Waals surface area (Å²) in [6, 6.07) is 0. The molecule has 10 unspecified atom stereocenters. The first-order chi connectivity index (χ1) is 54.5. The number of cyclic esters (lactones) is 20. The van der Waals surface area contributed by atoms with Crippen LogP contribution in [0.4, 0.5) is 0 Å². The van der Waals surface area contributed by atoms with Crippen LogP contribution in [-0.4, -0.2) is 293 Å². The Morgan fingerprint density at radius 1 is 0.379 bits per heavy atom. The molecule has 0 aromatic carbocycles. The Labute approximate surface area is 864 Å². The van der Waals surface area contributed by atoms with E-state index < -0.39 is 333 Å². The Balaban J connectivity index is -0.000000155. The third kappa shape index (κ3) is 51.6. The van der Waals surface area contributed by atoms with Crippen LogP contribution < -0.4 is 189 Å². The quantitative estimate of drug-likeness (QED) is 0.0429. The topological polar surface area (TPSA) is 1010 Å². The number of esters is 20. The van der Waals surface area contributed by atoms with Gasteiger partial charge in [0.05, 0.1) is 147 Å². The van der Waals surface area contributed by atoms with Crippen LogP contribution in [0.2, 0.25) is 0 Å². The minimum absolute atomic E-state index is 0. The molecule has 132 heavy (non-hydrogen) atoms. The summed E-state index contributed by atoms with van der Waals surface area (Å²) in [7, 11) is -46.3. The van der Waals surface area contributed by atoms with Crippen LogP contribution in [-0.2, 0) is 244 Å². The zero-order chi connectivity index (χ0) is 95.8. The summed E-state index contributed by atoms with van der Waals surface area (Å²) in [4.78, 5) is 209. The van der Waals surface area contributed by atoms with Gasteiger partial charge in [-0.1, -0.05) is 13.8 Å². The zero-order valence-corrected chi connectivity index (χ0v) is 78.4. The summed E-state index contributed by atoms with van der Waals surface area (Å²) < 4.78 is 346. The molecule has 10 rings (SSSR count). The first kappa shape index (κ1) is 148. The number of hydrogen-bond acceptors (Lipinski definition) is 60. The van der Waals surface area contributed by atoms with Crippen LogP contribution in [0.3, 0.4) is 0 Å². The zero-order valence-electron chi connectivity index (χ0n) is 70.2. The normalized spacial score (nSPS) is 22.4. The van der Waals surface area contributed by atoms with Gasteiger partial charge in [0.2, 0.25) is 0 Å². The van der Waals surface area contributed by atoms with Crippen molar-refractivity contribution in [1.29, 1.82) is 0 Å². The molecule has 60 nitrogen and oxygen atoms in total. The maximum Gasteiger partial charge on any atom is 1.00 e. The van der Waals surface area contributed by atoms with Gasteiger partial charge in [0.15, 0.2) is 15.2 Å². The standard InChI is InChI=1S/C7H10O6S.2C6H8O6S.2C5H6O6S.C5H4O6S.C5H6O6S.C5H4O6S.C4H4O6S.C4H2O6S.10Li/c1-4(14(10,11)12)2-5-3-6(8)13-7(5)9;1-3-4(2-13(9,10)11)6(8)12-5(3)7;7-5-3-4(6(8)12-5)1-2-13(9,10)11;1-5(12(8,9)10)2-3(6)11-4(5)7;2*6-4-1-3(5(7)11-4)2-12(8,9)10;2*1-2-3(12(8,9)10)5(7)11-4(2)6;2*5-3-1-2(4(6)10-3)11(7,8)9;;;;;;;;;;/h4-5H,2-3H2,1H3,(H,10,11,12);3-4H,2H2,1H3,(H,9,10,11);4H,1-3H2,(H,9,10,11);2H2,1H3,(H,8,9,10);3H,1-2H2,(H,8,9,10);1H,2H2,(H,8,9,10);2-3H,1H3,(H,8,9,10);1H3,(H,8,9,10);2H,1H2,(H,7,8,9);1H,(H,7,8,9);;;;;;;;;;/q;;;;;;;;;;10*+1/p-10. The molecular weight excluding hydrogens is 1970 g/mol. The summed E-state index contributed by atoms with van der Waals surface area (Å²) in [6.45, 7) is 5.63. The van der Waals surface area contributed by atoms with Gasteiger partial charge in [-0.2, -0.15) is 0 Å². The largest absolute Gasteiger partial charge is 1.00 e. The van der Waals surface area contributed by atoms with Gasteiger partial charge in [0.25, 0.3) is 0 Å². The van der Waals surface area contributed by atoms with E-state index in [1.165, 1.54) is 13.8 Å². The van der Waals surface area contributed by atoms with Crippen LogP contribution in [0, 0.1) is 35.5 Å². The second-order valence-corrected chi connectivity index (χ2v) is 39.3. The molecule has 0 bridgehead atoms. The Morgan fingerprint density at radius 3 is 1.00 bits per heavy atom. The third-order valence-corrected chi connectivity index (χ3v) is 24.3. The van der Waals surface area contributed by atoms with Crippen molar-refractivity contribution >= 4 is 221 Å². The van der Waals surface area contributed by atoms with E-state index in [1.807, 2.05) is 0 Å². The number of hydrogen-bond donors (Lipinski definition) is 0. The van der Waals surface area contributed by atoms with Crippen molar-refractivity contribution in [3.05, 3.63) is 33.1 Å². The Hall–Kier alpha value is -4.31. The van der Waals surface area contributed by atoms with Crippen LogP contribution >= 0.6 is 0 Å². The molecule has 10 heterocycles. The summed E-state index contributed by atoms with van der Waals surface area (Å²) in [6.07, 6.45) is -1.20. The molecule has 0 aliphatic carbocycles. The first-order valence-corrected chi connectivity index (χ1v) is 45.6. The Kier molecular flexibility index (Phi) is 66.5. The molecular formula is C52H48Li10O60S10. The molecule has 7 saturated heterocycles. The Morgan fingerprint density at radius 2 is 0.773 bits per heavy atom. The predicted octanol–water partition coefficient (Wildman–Crippen LogP) is -42.4. The maximum atomic E-state index is 10.9. The van der Waals surface area contributed by atoms with Crippen molar-refractivity contribution < 1.29 is 462 Å². The van der Waals surface area contributed by atoms with Crippen LogP contribution in [0.1, 0.15) is 79.6 Å². The van der Waals surface area contributed by atoms with Gasteiger partial charge in [-0.3, -0.25) is 62.3 Å². The molecule has 0 radical (unpaired) electrons. The molecule has 0 amide bonds. The molecule has 0 saturated carbocycles. The minimum atomic E-state index is -4.90. The third-order valence-electron chi connectivity index (χ3n) is 14.7. The number of ether oxygens (including phenoxy) is 10. The molecule has 10 aliphatic rings. The summed E-state index contributed by atoms with van der Waals surface area (Å²) in [5, 5.41) is -4.88. The van der Waals surface area contributed by atoms with Gasteiger partial charge in [0, 0.05) is 23.2 Å². The molecule has 0 N–H and O–H groups in total. The number of rotatable bonds is 17. The fourth-order valence-corrected chi connectivity index (χ4v) is 15.0. The monoisotopic (exact) mass is 2020 g/mol. The van der Waals surface area contributed by atoms with Crippen LogP contribution in [0.15, 0.2) is 33.1 Å². The van der Waals surface area contributed by atoms with E-state index in [1.54, 1.807) is 0 Å². The van der Waals surface area contributed by atoms with Crippen molar-refractivity contribution in [2.45, 2.75) is 100 Å². The van der Waals surface area contributed by atoms with E-state index in [2.05, 4.69) is 47.4 Å². The number of carbonyl (C=O) groups is 20. The summed E-state index contributed by atoms with van der Waals surface area (Å²) in [5.41, 5.74) is -0.884. The van der Waals surface area contributed by atoms with Gasteiger partial charge in [0.1, 0.15) is 60.4 Å². The van der Waals surface area contributed by atoms with E-state index >= 15 is 0 Å². The smallest absolute Gasteiger partial charge is 0.748 e. The first-order valence-electron chi connectivity index (χ1n) is 30.7. The predicted molar refractivity (Wildman–Crippen MR) is 346 cm³/mol. The molecule has 10 atom stereocenters. The molecule has 0 aromatic heterocycles. The van der Waals surface area contributed by atoms with Crippen LogP contribution in [0.25, 0.3) is 0 Å². The van der Waals surface area contributed by atoms with E-state index in [0.717, 1.165) is 20.8 Å². The average Bonchev–Trinajstić information content (AvgIpc) is 1.62. The van der Waals surface area contributed by atoms with Crippen molar-refractivity contribution in [3.63, 3.8) is 0 Å². The molecule has 686 valence electrons.